The zero-order valence-electron chi connectivity index (χ0n) is 11.5. The number of nitrogens with zero attached hydrogens (tertiary/aromatic N) is 2. The standard InChI is InChI=1S/C12H22N2O4/c1-5-17-12(16)13(4)8-11(15)14-6-9(2)18-10(3)7-14/h9-10H,5-8H2,1-4H3. The highest BCUT2D eigenvalue weighted by Crippen LogP contribution is 2.11. The van der Waals surface area contributed by atoms with E-state index in [4.69, 9.17) is 9.47 Å². The highest BCUT2D eigenvalue weighted by atomic mass is 16.6. The van der Waals surface area contributed by atoms with Crippen molar-refractivity contribution in [3.63, 3.8) is 0 Å². The van der Waals surface area contributed by atoms with Gasteiger partial charge in [-0.3, -0.25) is 4.79 Å². The monoisotopic (exact) mass is 258 g/mol. The van der Waals surface area contributed by atoms with Crippen LogP contribution in [0, 0.1) is 0 Å². The molecule has 0 N–H and O–H groups in total. The molecule has 1 rings (SSSR count). The normalized spacial score (nSPS) is 23.7. The first kappa shape index (κ1) is 14.8. The van der Waals surface area contributed by atoms with Gasteiger partial charge in [0.2, 0.25) is 5.91 Å². The molecule has 0 spiro atoms. The van der Waals surface area contributed by atoms with Crippen molar-refractivity contribution in [1.29, 1.82) is 0 Å². The van der Waals surface area contributed by atoms with Crippen LogP contribution in [0.5, 0.6) is 0 Å². The quantitative estimate of drug-likeness (QED) is 0.748. The lowest BCUT2D eigenvalue weighted by molar-refractivity contribution is -0.143. The van der Waals surface area contributed by atoms with E-state index >= 15 is 0 Å². The van der Waals surface area contributed by atoms with Gasteiger partial charge in [0.15, 0.2) is 0 Å². The predicted octanol–water partition coefficient (Wildman–Crippen LogP) is 0.711. The molecule has 1 aliphatic heterocycles. The van der Waals surface area contributed by atoms with Crippen LogP contribution in [0.1, 0.15) is 20.8 Å². The van der Waals surface area contributed by atoms with Gasteiger partial charge in [0, 0.05) is 20.1 Å². The van der Waals surface area contributed by atoms with Gasteiger partial charge in [-0.25, -0.2) is 4.79 Å². The largest absolute Gasteiger partial charge is 0.450 e. The maximum Gasteiger partial charge on any atom is 0.409 e. The summed E-state index contributed by atoms with van der Waals surface area (Å²) >= 11 is 0. The van der Waals surface area contributed by atoms with Gasteiger partial charge in [-0.1, -0.05) is 0 Å². The Morgan fingerprint density at radius 3 is 2.39 bits per heavy atom. The van der Waals surface area contributed by atoms with E-state index in [0.29, 0.717) is 19.7 Å². The van der Waals surface area contributed by atoms with Gasteiger partial charge in [0.25, 0.3) is 0 Å². The Bertz CT molecular complexity index is 298. The molecule has 1 aliphatic rings. The SMILES string of the molecule is CCOC(=O)N(C)CC(=O)N1CC(C)OC(C)C1. The van der Waals surface area contributed by atoms with Crippen LogP contribution in [-0.2, 0) is 14.3 Å². The van der Waals surface area contributed by atoms with Gasteiger partial charge in [0.05, 0.1) is 18.8 Å². The van der Waals surface area contributed by atoms with E-state index in [-0.39, 0.29) is 24.7 Å². The number of hydrogen-bond acceptors (Lipinski definition) is 4. The van der Waals surface area contributed by atoms with Crippen LogP contribution in [-0.4, -0.2) is 67.3 Å². The molecule has 2 amide bonds. The fourth-order valence-corrected chi connectivity index (χ4v) is 1.98. The van der Waals surface area contributed by atoms with Crippen LogP contribution in [0.2, 0.25) is 0 Å². The summed E-state index contributed by atoms with van der Waals surface area (Å²) in [6, 6.07) is 0. The summed E-state index contributed by atoms with van der Waals surface area (Å²) in [6.45, 7) is 7.09. The summed E-state index contributed by atoms with van der Waals surface area (Å²) in [7, 11) is 1.56. The van der Waals surface area contributed by atoms with E-state index in [9.17, 15) is 9.59 Å². The lowest BCUT2D eigenvalue weighted by Gasteiger charge is -2.36. The van der Waals surface area contributed by atoms with Crippen LogP contribution in [0.3, 0.4) is 0 Å². The Hall–Kier alpha value is -1.30. The maximum atomic E-state index is 12.0. The van der Waals surface area contributed by atoms with Gasteiger partial charge >= 0.3 is 6.09 Å². The Labute approximate surface area is 108 Å². The number of rotatable bonds is 3. The van der Waals surface area contributed by atoms with Crippen LogP contribution in [0.25, 0.3) is 0 Å². The van der Waals surface area contributed by atoms with Gasteiger partial charge in [-0.2, -0.15) is 0 Å². The molecule has 0 aromatic heterocycles. The third-order valence-electron chi connectivity index (χ3n) is 2.72. The van der Waals surface area contributed by atoms with Crippen molar-refractivity contribution in [1.82, 2.24) is 9.80 Å². The molecule has 0 bridgehead atoms. The highest BCUT2D eigenvalue weighted by Gasteiger charge is 2.27. The highest BCUT2D eigenvalue weighted by molar-refractivity contribution is 5.82. The molecule has 0 aliphatic carbocycles. The van der Waals surface area contributed by atoms with E-state index in [1.165, 1.54) is 4.90 Å². The van der Waals surface area contributed by atoms with E-state index < -0.39 is 6.09 Å². The number of ether oxygens (including phenoxy) is 2. The van der Waals surface area contributed by atoms with Crippen molar-refractivity contribution in [2.45, 2.75) is 33.0 Å². The molecule has 6 nitrogen and oxygen atoms in total. The number of hydrogen-bond donors (Lipinski definition) is 0. The Kier molecular flexibility index (Phi) is 5.40. The summed E-state index contributed by atoms with van der Waals surface area (Å²) < 4.78 is 10.4. The summed E-state index contributed by atoms with van der Waals surface area (Å²) in [5, 5.41) is 0. The minimum Gasteiger partial charge on any atom is -0.450 e. The Morgan fingerprint density at radius 1 is 1.33 bits per heavy atom. The zero-order chi connectivity index (χ0) is 13.7. The van der Waals surface area contributed by atoms with Gasteiger partial charge < -0.3 is 19.3 Å². The number of likely N-dealkylation sites (N-methyl/N-ethyl adjacent to an activating group) is 1. The molecule has 104 valence electrons. The van der Waals surface area contributed by atoms with Crippen molar-refractivity contribution >= 4 is 12.0 Å². The molecule has 1 heterocycles. The molecule has 0 radical (unpaired) electrons. The van der Waals surface area contributed by atoms with Crippen molar-refractivity contribution in [3.8, 4) is 0 Å². The summed E-state index contributed by atoms with van der Waals surface area (Å²) in [6.07, 6.45) is -0.406. The third kappa shape index (κ3) is 4.18. The fraction of sp³-hybridized carbons (Fsp3) is 0.833. The Morgan fingerprint density at radius 2 is 1.89 bits per heavy atom. The molecular weight excluding hydrogens is 236 g/mol. The first-order valence-electron chi connectivity index (χ1n) is 6.25. The topological polar surface area (TPSA) is 59.1 Å². The predicted molar refractivity (Wildman–Crippen MR) is 66.2 cm³/mol. The van der Waals surface area contributed by atoms with Crippen molar-refractivity contribution in [3.05, 3.63) is 0 Å². The second-order valence-electron chi connectivity index (χ2n) is 4.61. The molecule has 6 heteroatoms. The van der Waals surface area contributed by atoms with Crippen LogP contribution in [0.4, 0.5) is 4.79 Å². The van der Waals surface area contributed by atoms with Crippen molar-refractivity contribution in [2.24, 2.45) is 0 Å². The van der Waals surface area contributed by atoms with E-state index in [1.807, 2.05) is 13.8 Å². The fourth-order valence-electron chi connectivity index (χ4n) is 1.98. The minimum absolute atomic E-state index is 0.0330. The summed E-state index contributed by atoms with van der Waals surface area (Å²) in [5.74, 6) is -0.0763. The van der Waals surface area contributed by atoms with Crippen molar-refractivity contribution < 1.29 is 19.1 Å². The van der Waals surface area contributed by atoms with E-state index in [0.717, 1.165) is 0 Å². The molecule has 2 atom stereocenters. The summed E-state index contributed by atoms with van der Waals surface area (Å²) in [5.41, 5.74) is 0. The van der Waals surface area contributed by atoms with Gasteiger partial charge in [-0.15, -0.1) is 0 Å². The molecule has 2 unspecified atom stereocenters. The molecular formula is C12H22N2O4. The molecule has 0 saturated carbocycles. The number of morpholine rings is 1. The molecule has 0 aromatic rings. The molecule has 0 aromatic carbocycles. The second kappa shape index (κ2) is 6.58. The lowest BCUT2D eigenvalue weighted by atomic mass is 10.2. The maximum absolute atomic E-state index is 12.0. The summed E-state index contributed by atoms with van der Waals surface area (Å²) in [4.78, 5) is 26.4. The second-order valence-corrected chi connectivity index (χ2v) is 4.61. The molecule has 18 heavy (non-hydrogen) atoms. The minimum atomic E-state index is -0.472. The molecule has 1 fully saturated rings. The third-order valence-corrected chi connectivity index (χ3v) is 2.72. The number of carbonyl (C=O) groups excluding carboxylic acids is 2. The number of amides is 2. The van der Waals surface area contributed by atoms with Crippen LogP contribution in [0.15, 0.2) is 0 Å². The zero-order valence-corrected chi connectivity index (χ0v) is 11.5. The first-order chi connectivity index (χ1) is 8.43. The Balaban J connectivity index is 2.47. The van der Waals surface area contributed by atoms with Gasteiger partial charge in [0.1, 0.15) is 6.54 Å². The lowest BCUT2D eigenvalue weighted by Crippen LogP contribution is -2.51. The van der Waals surface area contributed by atoms with E-state index in [2.05, 4.69) is 0 Å². The van der Waals surface area contributed by atoms with Crippen LogP contribution < -0.4 is 0 Å². The average molecular weight is 258 g/mol. The van der Waals surface area contributed by atoms with Gasteiger partial charge in [-0.05, 0) is 20.8 Å². The average Bonchev–Trinajstić information content (AvgIpc) is 2.27. The smallest absolute Gasteiger partial charge is 0.409 e. The van der Waals surface area contributed by atoms with Crippen LogP contribution >= 0.6 is 0 Å². The van der Waals surface area contributed by atoms with E-state index in [1.54, 1.807) is 18.9 Å². The van der Waals surface area contributed by atoms with Crippen molar-refractivity contribution in [2.75, 3.05) is 33.3 Å². The first-order valence-corrected chi connectivity index (χ1v) is 6.25. The molecule has 1 saturated heterocycles. The number of carbonyl (C=O) groups is 2.